The van der Waals surface area contributed by atoms with Crippen molar-refractivity contribution in [2.24, 2.45) is 0 Å². The number of urea groups is 1. The van der Waals surface area contributed by atoms with Crippen LogP contribution in [0.3, 0.4) is 0 Å². The molecule has 3 aromatic carbocycles. The Balaban J connectivity index is 1.67. The lowest BCUT2D eigenvalue weighted by atomic mass is 10.0. The second kappa shape index (κ2) is 13.0. The van der Waals surface area contributed by atoms with Crippen molar-refractivity contribution in [1.29, 1.82) is 0 Å². The van der Waals surface area contributed by atoms with Gasteiger partial charge < -0.3 is 14.8 Å². The Morgan fingerprint density at radius 2 is 1.57 bits per heavy atom. The molecule has 0 aliphatic heterocycles. The number of hydrogen-bond acceptors (Lipinski definition) is 4. The smallest absolute Gasteiger partial charge is 0.373 e. The summed E-state index contributed by atoms with van der Waals surface area (Å²) >= 11 is 0. The lowest BCUT2D eigenvalue weighted by molar-refractivity contribution is -0.142. The van der Waals surface area contributed by atoms with Gasteiger partial charge in [0.2, 0.25) is 5.76 Å². The van der Waals surface area contributed by atoms with Crippen LogP contribution >= 0.6 is 0 Å². The molecule has 0 aliphatic rings. The average molecular weight is 473 g/mol. The highest BCUT2D eigenvalue weighted by Crippen LogP contribution is 2.25. The quantitative estimate of drug-likeness (QED) is 0.234. The summed E-state index contributed by atoms with van der Waals surface area (Å²) in [5.41, 5.74) is 4.79. The SMILES string of the molecule is CCOC(=O)/C(=C/c1ccc(-c2cccc(N(C)C(=O)NCCc3ccccc3)c2)cc1)OCC. The van der Waals surface area contributed by atoms with Crippen molar-refractivity contribution in [3.8, 4) is 11.1 Å². The van der Waals surface area contributed by atoms with E-state index in [9.17, 15) is 9.59 Å². The lowest BCUT2D eigenvalue weighted by Gasteiger charge is -2.19. The molecule has 0 heterocycles. The highest BCUT2D eigenvalue weighted by molar-refractivity contribution is 5.92. The van der Waals surface area contributed by atoms with Crippen LogP contribution in [0.4, 0.5) is 10.5 Å². The van der Waals surface area contributed by atoms with E-state index >= 15 is 0 Å². The van der Waals surface area contributed by atoms with E-state index < -0.39 is 5.97 Å². The Labute approximate surface area is 207 Å². The van der Waals surface area contributed by atoms with Gasteiger partial charge in [0.1, 0.15) is 0 Å². The van der Waals surface area contributed by atoms with Gasteiger partial charge in [-0.15, -0.1) is 0 Å². The number of anilines is 1. The molecule has 2 amide bonds. The molecule has 182 valence electrons. The molecule has 0 fully saturated rings. The van der Waals surface area contributed by atoms with Gasteiger partial charge in [0.05, 0.1) is 13.2 Å². The predicted octanol–water partition coefficient (Wildman–Crippen LogP) is 5.68. The zero-order valence-corrected chi connectivity index (χ0v) is 20.5. The van der Waals surface area contributed by atoms with Crippen LogP contribution in [-0.4, -0.2) is 38.8 Å². The van der Waals surface area contributed by atoms with Crippen molar-refractivity contribution in [3.63, 3.8) is 0 Å². The topological polar surface area (TPSA) is 67.9 Å². The van der Waals surface area contributed by atoms with Crippen LogP contribution < -0.4 is 10.2 Å². The van der Waals surface area contributed by atoms with Crippen LogP contribution in [0.15, 0.2) is 84.6 Å². The normalized spacial score (nSPS) is 11.0. The first-order valence-corrected chi connectivity index (χ1v) is 11.8. The number of carbonyl (C=O) groups is 2. The Kier molecular flexibility index (Phi) is 9.49. The van der Waals surface area contributed by atoms with Crippen LogP contribution in [0.5, 0.6) is 0 Å². The van der Waals surface area contributed by atoms with Crippen molar-refractivity contribution in [2.45, 2.75) is 20.3 Å². The first-order chi connectivity index (χ1) is 17.0. The Morgan fingerprint density at radius 1 is 0.857 bits per heavy atom. The molecule has 1 N–H and O–H groups in total. The van der Waals surface area contributed by atoms with Crippen molar-refractivity contribution in [3.05, 3.63) is 95.7 Å². The van der Waals surface area contributed by atoms with E-state index in [1.54, 1.807) is 24.9 Å². The number of carbonyl (C=O) groups excluding carboxylic acids is 2. The molecule has 6 heteroatoms. The first kappa shape index (κ1) is 25.6. The lowest BCUT2D eigenvalue weighted by Crippen LogP contribution is -2.38. The van der Waals surface area contributed by atoms with E-state index in [-0.39, 0.29) is 18.4 Å². The number of esters is 1. The van der Waals surface area contributed by atoms with E-state index in [4.69, 9.17) is 9.47 Å². The molecular formula is C29H32N2O4. The molecule has 0 aliphatic carbocycles. The third kappa shape index (κ3) is 7.47. The molecular weight excluding hydrogens is 440 g/mol. The van der Waals surface area contributed by atoms with Gasteiger partial charge in [-0.25, -0.2) is 9.59 Å². The number of nitrogens with zero attached hydrogens (tertiary/aromatic N) is 1. The van der Waals surface area contributed by atoms with E-state index in [2.05, 4.69) is 17.4 Å². The maximum absolute atomic E-state index is 12.6. The number of benzene rings is 3. The summed E-state index contributed by atoms with van der Waals surface area (Å²) in [6, 6.07) is 25.5. The molecule has 0 saturated heterocycles. The summed E-state index contributed by atoms with van der Waals surface area (Å²) in [4.78, 5) is 26.3. The summed E-state index contributed by atoms with van der Waals surface area (Å²) in [6.45, 7) is 4.82. The molecule has 0 bridgehead atoms. The zero-order valence-electron chi connectivity index (χ0n) is 20.5. The second-order valence-corrected chi connectivity index (χ2v) is 7.86. The number of hydrogen-bond donors (Lipinski definition) is 1. The van der Waals surface area contributed by atoms with Crippen LogP contribution in [0.2, 0.25) is 0 Å². The summed E-state index contributed by atoms with van der Waals surface area (Å²) in [5.74, 6) is -0.291. The van der Waals surface area contributed by atoms with Crippen LogP contribution in [-0.2, 0) is 20.7 Å². The molecule has 35 heavy (non-hydrogen) atoms. The minimum atomic E-state index is -0.476. The van der Waals surface area contributed by atoms with Gasteiger partial charge in [0.25, 0.3) is 0 Å². The molecule has 3 aromatic rings. The van der Waals surface area contributed by atoms with Crippen molar-refractivity contribution in [2.75, 3.05) is 31.7 Å². The standard InChI is InChI=1S/C29H32N2O4/c1-4-34-27(28(32)35-5-2)20-23-14-16-24(17-15-23)25-12-9-13-26(21-25)31(3)29(33)30-19-18-22-10-7-6-8-11-22/h6-17,20-21H,4-5,18-19H2,1-3H3,(H,30,33)/b27-20-. The van der Waals surface area contributed by atoms with Crippen molar-refractivity contribution >= 4 is 23.8 Å². The number of ether oxygens (including phenoxy) is 2. The Morgan fingerprint density at radius 3 is 2.26 bits per heavy atom. The fraction of sp³-hybridized carbons (Fsp3) is 0.241. The van der Waals surface area contributed by atoms with Gasteiger partial charge in [-0.3, -0.25) is 4.90 Å². The molecule has 3 rings (SSSR count). The molecule has 6 nitrogen and oxygen atoms in total. The molecule has 0 unspecified atom stereocenters. The van der Waals surface area contributed by atoms with Crippen LogP contribution in [0, 0.1) is 0 Å². The van der Waals surface area contributed by atoms with Crippen molar-refractivity contribution < 1.29 is 19.1 Å². The van der Waals surface area contributed by atoms with Crippen LogP contribution in [0.1, 0.15) is 25.0 Å². The molecule has 0 atom stereocenters. The van der Waals surface area contributed by atoms with Gasteiger partial charge in [-0.05, 0) is 60.7 Å². The molecule has 0 aromatic heterocycles. The van der Waals surface area contributed by atoms with Gasteiger partial charge in [-0.1, -0.05) is 66.7 Å². The highest BCUT2D eigenvalue weighted by Gasteiger charge is 2.13. The third-order valence-corrected chi connectivity index (χ3v) is 5.39. The second-order valence-electron chi connectivity index (χ2n) is 7.86. The minimum Gasteiger partial charge on any atom is -0.487 e. The Bertz CT molecular complexity index is 1140. The van der Waals surface area contributed by atoms with Gasteiger partial charge in [-0.2, -0.15) is 0 Å². The van der Waals surface area contributed by atoms with Gasteiger partial charge >= 0.3 is 12.0 Å². The third-order valence-electron chi connectivity index (χ3n) is 5.39. The van der Waals surface area contributed by atoms with Gasteiger partial charge in [0, 0.05) is 19.3 Å². The summed E-state index contributed by atoms with van der Waals surface area (Å²) in [7, 11) is 1.76. The fourth-order valence-electron chi connectivity index (χ4n) is 3.53. The zero-order chi connectivity index (χ0) is 25.0. The van der Waals surface area contributed by atoms with Gasteiger partial charge in [0.15, 0.2) is 0 Å². The monoisotopic (exact) mass is 472 g/mol. The average Bonchev–Trinajstić information content (AvgIpc) is 2.89. The number of amides is 2. The minimum absolute atomic E-state index is 0.152. The highest BCUT2D eigenvalue weighted by atomic mass is 16.6. The summed E-state index contributed by atoms with van der Waals surface area (Å²) in [5, 5.41) is 2.97. The van der Waals surface area contributed by atoms with E-state index in [1.807, 2.05) is 73.7 Å². The van der Waals surface area contributed by atoms with Crippen molar-refractivity contribution in [1.82, 2.24) is 5.32 Å². The largest absolute Gasteiger partial charge is 0.487 e. The number of rotatable bonds is 10. The Hall–Kier alpha value is -4.06. The van der Waals surface area contributed by atoms with E-state index in [0.717, 1.165) is 28.8 Å². The molecule has 0 spiro atoms. The summed E-state index contributed by atoms with van der Waals surface area (Å²) < 4.78 is 10.5. The maximum atomic E-state index is 12.6. The first-order valence-electron chi connectivity index (χ1n) is 11.8. The van der Waals surface area contributed by atoms with E-state index in [1.165, 1.54) is 5.56 Å². The molecule has 0 saturated carbocycles. The fourth-order valence-corrected chi connectivity index (χ4v) is 3.53. The maximum Gasteiger partial charge on any atom is 0.373 e. The molecule has 0 radical (unpaired) electrons. The number of nitrogens with one attached hydrogen (secondary N) is 1. The van der Waals surface area contributed by atoms with Crippen LogP contribution in [0.25, 0.3) is 17.2 Å². The van der Waals surface area contributed by atoms with E-state index in [0.29, 0.717) is 13.2 Å². The summed E-state index contributed by atoms with van der Waals surface area (Å²) in [6.07, 6.45) is 2.46. The predicted molar refractivity (Wildman–Crippen MR) is 140 cm³/mol.